The normalized spacial score (nSPS) is 11.8. The number of nitrogens with one attached hydrogen (secondary N) is 2. The van der Waals surface area contributed by atoms with Gasteiger partial charge in [0.25, 0.3) is 5.69 Å². The van der Waals surface area contributed by atoms with Crippen LogP contribution in [0.2, 0.25) is 0 Å². The summed E-state index contributed by atoms with van der Waals surface area (Å²) in [7, 11) is 1.61. The van der Waals surface area contributed by atoms with Crippen molar-refractivity contribution in [3.63, 3.8) is 0 Å². The van der Waals surface area contributed by atoms with Crippen molar-refractivity contribution in [2.75, 3.05) is 7.11 Å². The maximum Gasteiger partial charge on any atom is 0.404 e. The van der Waals surface area contributed by atoms with Crippen LogP contribution in [0.5, 0.6) is 0 Å². The SMILES string of the molecule is CCCc1cnc2c(ccc3nc4c[nH+]c(C(=O)OC(C)C)c(COC)c4c32)[nH]1. The number of aromatic amines is 2. The number of pyridine rings is 1. The molecule has 0 saturated carbocycles. The van der Waals surface area contributed by atoms with Gasteiger partial charge in [-0.1, -0.05) is 13.3 Å². The van der Waals surface area contributed by atoms with Crippen molar-refractivity contribution in [3.8, 4) is 0 Å². The molecule has 2 N–H and O–H groups in total. The van der Waals surface area contributed by atoms with Gasteiger partial charge in [-0.2, -0.15) is 0 Å². The topological polar surface area (TPSA) is 91.2 Å². The molecule has 3 heterocycles. The number of carbonyl (C=O) groups excluding carboxylic acids is 1. The van der Waals surface area contributed by atoms with E-state index in [0.29, 0.717) is 5.69 Å². The Labute approximate surface area is 168 Å². The predicted octanol–water partition coefficient (Wildman–Crippen LogP) is 3.74. The zero-order valence-electron chi connectivity index (χ0n) is 17.1. The summed E-state index contributed by atoms with van der Waals surface area (Å²) in [5, 5.41) is 1.78. The lowest BCUT2D eigenvalue weighted by atomic mass is 10.0. The Kier molecular flexibility index (Phi) is 5.15. The minimum absolute atomic E-state index is 0.217. The number of nitrogens with zero attached hydrogens (tertiary/aromatic N) is 2. The van der Waals surface area contributed by atoms with Gasteiger partial charge in [0, 0.05) is 29.8 Å². The van der Waals surface area contributed by atoms with Crippen LogP contribution in [0, 0.1) is 0 Å². The highest BCUT2D eigenvalue weighted by Gasteiger charge is 2.27. The number of aromatic nitrogens is 4. The first-order valence-electron chi connectivity index (χ1n) is 9.87. The summed E-state index contributed by atoms with van der Waals surface area (Å²) in [6, 6.07) is 3.98. The lowest BCUT2D eigenvalue weighted by Gasteiger charge is -2.09. The van der Waals surface area contributed by atoms with Crippen LogP contribution in [-0.4, -0.2) is 34.1 Å². The van der Waals surface area contributed by atoms with Gasteiger partial charge in [0.1, 0.15) is 5.52 Å². The van der Waals surface area contributed by atoms with E-state index in [-0.39, 0.29) is 12.7 Å². The molecule has 0 spiro atoms. The van der Waals surface area contributed by atoms with E-state index < -0.39 is 5.97 Å². The van der Waals surface area contributed by atoms with Crippen LogP contribution in [0.1, 0.15) is 48.9 Å². The van der Waals surface area contributed by atoms with Crippen molar-refractivity contribution in [2.45, 2.75) is 46.3 Å². The molecule has 1 aromatic carbocycles. The number of hydrogen-bond acceptors (Lipinski definition) is 5. The van der Waals surface area contributed by atoms with Crippen molar-refractivity contribution < 1.29 is 19.3 Å². The average Bonchev–Trinajstić information content (AvgIpc) is 3.07. The summed E-state index contributed by atoms with van der Waals surface area (Å²) in [4.78, 5) is 28.7. The Hall–Kier alpha value is -3.06. The molecule has 29 heavy (non-hydrogen) atoms. The maximum absolute atomic E-state index is 12.7. The molecule has 0 unspecified atom stereocenters. The number of aryl methyl sites for hydroxylation is 1. The van der Waals surface area contributed by atoms with Crippen molar-refractivity contribution >= 4 is 38.8 Å². The average molecular weight is 393 g/mol. The number of benzene rings is 1. The summed E-state index contributed by atoms with van der Waals surface area (Å²) >= 11 is 0. The molecule has 0 bridgehead atoms. The minimum Gasteiger partial charge on any atom is -0.455 e. The zero-order chi connectivity index (χ0) is 20.5. The van der Waals surface area contributed by atoms with Gasteiger partial charge in [0.15, 0.2) is 6.20 Å². The summed E-state index contributed by atoms with van der Waals surface area (Å²) in [6.07, 6.45) is 5.39. The Morgan fingerprint density at radius 1 is 1.24 bits per heavy atom. The van der Waals surface area contributed by atoms with Crippen molar-refractivity contribution in [2.24, 2.45) is 0 Å². The van der Waals surface area contributed by atoms with E-state index in [4.69, 9.17) is 19.4 Å². The Morgan fingerprint density at radius 3 is 2.79 bits per heavy atom. The molecule has 7 nitrogen and oxygen atoms in total. The molecule has 0 fully saturated rings. The molecule has 150 valence electrons. The van der Waals surface area contributed by atoms with Gasteiger partial charge in [-0.05, 0) is 32.4 Å². The molecule has 7 heteroatoms. The molecule has 0 aliphatic heterocycles. The standard InChI is InChI=1S/C22H24N4O3/c1-5-6-13-9-23-21-16(25-13)8-7-15-19(21)18-14(11-28-4)20(22(27)29-12(2)3)24-10-17(18)26-15/h7-10,12,25H,5-6,11H2,1-4H3/p+1. The van der Waals surface area contributed by atoms with E-state index in [2.05, 4.69) is 16.9 Å². The molecule has 3 aromatic heterocycles. The van der Waals surface area contributed by atoms with Crippen LogP contribution >= 0.6 is 0 Å². The molecule has 0 radical (unpaired) electrons. The molecule has 0 aliphatic carbocycles. The second-order valence-corrected chi connectivity index (χ2v) is 7.42. The second-order valence-electron chi connectivity index (χ2n) is 7.42. The van der Waals surface area contributed by atoms with E-state index in [1.807, 2.05) is 32.2 Å². The number of rotatable bonds is 6. The zero-order valence-corrected chi connectivity index (χ0v) is 17.1. The van der Waals surface area contributed by atoms with Crippen LogP contribution in [0.15, 0.2) is 24.5 Å². The number of hydrogen-bond donors (Lipinski definition) is 1. The van der Waals surface area contributed by atoms with Gasteiger partial charge < -0.3 is 14.5 Å². The lowest BCUT2D eigenvalue weighted by molar-refractivity contribution is -0.382. The van der Waals surface area contributed by atoms with Gasteiger partial charge in [-0.15, -0.1) is 0 Å². The Balaban J connectivity index is 2.03. The highest BCUT2D eigenvalue weighted by Crippen LogP contribution is 2.33. The van der Waals surface area contributed by atoms with Crippen LogP contribution in [0.4, 0.5) is 0 Å². The van der Waals surface area contributed by atoms with Crippen LogP contribution < -0.4 is 4.98 Å². The molecule has 0 aliphatic rings. The molecule has 0 amide bonds. The Bertz CT molecular complexity index is 1210. The van der Waals surface area contributed by atoms with E-state index in [9.17, 15) is 4.79 Å². The fourth-order valence-corrected chi connectivity index (χ4v) is 3.72. The van der Waals surface area contributed by atoms with E-state index in [1.165, 1.54) is 0 Å². The van der Waals surface area contributed by atoms with Crippen LogP contribution in [0.25, 0.3) is 32.8 Å². The quantitative estimate of drug-likeness (QED) is 0.504. The van der Waals surface area contributed by atoms with E-state index >= 15 is 0 Å². The monoisotopic (exact) mass is 393 g/mol. The third-order valence-corrected chi connectivity index (χ3v) is 4.86. The first-order valence-corrected chi connectivity index (χ1v) is 9.87. The molecular formula is C22H25N4O3+. The third kappa shape index (κ3) is 3.42. The van der Waals surface area contributed by atoms with E-state index in [0.717, 1.165) is 56.9 Å². The van der Waals surface area contributed by atoms with Crippen LogP contribution in [-0.2, 0) is 22.5 Å². The fourth-order valence-electron chi connectivity index (χ4n) is 3.72. The first-order chi connectivity index (χ1) is 14.0. The molecule has 4 aromatic rings. The van der Waals surface area contributed by atoms with Crippen molar-refractivity contribution in [3.05, 3.63) is 41.5 Å². The number of fused-ring (bicyclic) bond motifs is 5. The number of carbonyl (C=O) groups is 1. The highest BCUT2D eigenvalue weighted by atomic mass is 16.5. The number of H-pyrrole nitrogens is 2. The van der Waals surface area contributed by atoms with Gasteiger partial charge in [-0.25, -0.2) is 14.8 Å². The molecule has 4 rings (SSSR count). The van der Waals surface area contributed by atoms with Crippen molar-refractivity contribution in [1.82, 2.24) is 15.0 Å². The Morgan fingerprint density at radius 2 is 2.07 bits per heavy atom. The molecule has 0 atom stereocenters. The number of ether oxygens (including phenoxy) is 2. The summed E-state index contributed by atoms with van der Waals surface area (Å²) < 4.78 is 10.9. The lowest BCUT2D eigenvalue weighted by Crippen LogP contribution is -2.24. The number of esters is 1. The largest absolute Gasteiger partial charge is 0.455 e. The third-order valence-electron chi connectivity index (χ3n) is 4.86. The van der Waals surface area contributed by atoms with Gasteiger partial charge in [-0.3, -0.25) is 4.98 Å². The van der Waals surface area contributed by atoms with Gasteiger partial charge in [0.05, 0.1) is 34.8 Å². The maximum atomic E-state index is 12.7. The first kappa shape index (κ1) is 19.3. The van der Waals surface area contributed by atoms with Gasteiger partial charge >= 0.3 is 5.97 Å². The summed E-state index contributed by atoms with van der Waals surface area (Å²) in [5.41, 5.74) is 5.57. The summed E-state index contributed by atoms with van der Waals surface area (Å²) in [6.45, 7) is 6.05. The van der Waals surface area contributed by atoms with Gasteiger partial charge in [0.2, 0.25) is 0 Å². The minimum atomic E-state index is -0.409. The van der Waals surface area contributed by atoms with Crippen LogP contribution in [0.3, 0.4) is 0 Å². The second kappa shape index (κ2) is 7.75. The smallest absolute Gasteiger partial charge is 0.404 e. The summed E-state index contributed by atoms with van der Waals surface area (Å²) in [5.74, 6) is -0.409. The van der Waals surface area contributed by atoms with E-state index in [1.54, 1.807) is 13.3 Å². The van der Waals surface area contributed by atoms with Crippen molar-refractivity contribution in [1.29, 1.82) is 0 Å². The molecule has 0 saturated heterocycles. The fraction of sp³-hybridized carbons (Fsp3) is 0.364. The number of methoxy groups -OCH3 is 1. The molecular weight excluding hydrogens is 368 g/mol. The predicted molar refractivity (Wildman–Crippen MR) is 111 cm³/mol. The highest BCUT2D eigenvalue weighted by molar-refractivity contribution is 6.19.